The first-order chi connectivity index (χ1) is 21.1. The van der Waals surface area contributed by atoms with Crippen LogP contribution in [0, 0.1) is 5.82 Å². The molecule has 0 aromatic heterocycles. The van der Waals surface area contributed by atoms with Gasteiger partial charge in [-0.3, -0.25) is 4.79 Å². The number of sulfone groups is 1. The van der Waals surface area contributed by atoms with Crippen LogP contribution in [-0.2, 0) is 34.5 Å². The molecule has 0 bridgehead atoms. The van der Waals surface area contributed by atoms with Crippen molar-refractivity contribution in [3.05, 3.63) is 102 Å². The third-order valence-corrected chi connectivity index (χ3v) is 9.67. The zero-order chi connectivity index (χ0) is 33.2. The Morgan fingerprint density at radius 2 is 1.51 bits per heavy atom. The fourth-order valence-corrected chi connectivity index (χ4v) is 7.55. The number of primary amides is 1. The number of carbonyl (C=O) groups is 4. The number of aliphatic carboxylic acids is 1. The molecule has 3 amide bonds. The van der Waals surface area contributed by atoms with Gasteiger partial charge in [-0.15, -0.1) is 0 Å². The van der Waals surface area contributed by atoms with Crippen LogP contribution in [-0.4, -0.2) is 59.2 Å². The summed E-state index contributed by atoms with van der Waals surface area (Å²) in [4.78, 5) is 53.8. The Labute approximate surface area is 260 Å². The smallest absolute Gasteiger partial charge is 0.334 e. The number of nitrogens with two attached hydrogens (primary N) is 1. The SMILES string of the molecule is CC(C)(C)OC(=O)C1CC(S(=O)(=O)c2ccccc2)C(c2ccccc2F)N1C(=O)CC(NC(N)=O)(C(=O)O)c1ccccc1. The van der Waals surface area contributed by atoms with Crippen LogP contribution in [0.4, 0.5) is 9.18 Å². The molecule has 238 valence electrons. The van der Waals surface area contributed by atoms with Crippen LogP contribution in [0.1, 0.15) is 50.8 Å². The van der Waals surface area contributed by atoms with Gasteiger partial charge in [0.05, 0.1) is 22.6 Å². The minimum Gasteiger partial charge on any atom is -0.479 e. The number of urea groups is 1. The molecular formula is C32H34FN3O8S. The van der Waals surface area contributed by atoms with Gasteiger partial charge < -0.3 is 25.8 Å². The minimum atomic E-state index is -4.33. The van der Waals surface area contributed by atoms with Crippen LogP contribution in [0.3, 0.4) is 0 Å². The summed E-state index contributed by atoms with van der Waals surface area (Å²) in [6.45, 7) is 4.75. The number of likely N-dealkylation sites (tertiary alicyclic amines) is 1. The number of carboxylic acid groups (broad SMARTS) is 1. The summed E-state index contributed by atoms with van der Waals surface area (Å²) < 4.78 is 49.4. The average molecular weight is 640 g/mol. The summed E-state index contributed by atoms with van der Waals surface area (Å²) in [6.07, 6.45) is -1.48. The normalized spacial score (nSPS) is 19.7. The Kier molecular flexibility index (Phi) is 9.33. The molecule has 4 rings (SSSR count). The Balaban J connectivity index is 1.95. The molecule has 1 fully saturated rings. The van der Waals surface area contributed by atoms with Crippen molar-refractivity contribution in [2.24, 2.45) is 5.73 Å². The second-order valence-electron chi connectivity index (χ2n) is 11.7. The van der Waals surface area contributed by atoms with Gasteiger partial charge in [-0.05, 0) is 51.0 Å². The van der Waals surface area contributed by atoms with Crippen molar-refractivity contribution in [1.29, 1.82) is 0 Å². The summed E-state index contributed by atoms with van der Waals surface area (Å²) in [5.74, 6) is -4.53. The van der Waals surface area contributed by atoms with Crippen LogP contribution in [0.25, 0.3) is 0 Å². The van der Waals surface area contributed by atoms with E-state index in [0.29, 0.717) is 0 Å². The molecule has 0 spiro atoms. The van der Waals surface area contributed by atoms with Gasteiger partial charge in [-0.2, -0.15) is 0 Å². The lowest BCUT2D eigenvalue weighted by molar-refractivity contribution is -0.165. The number of carbonyl (C=O) groups excluding carboxylic acids is 3. The fourth-order valence-electron chi connectivity index (χ4n) is 5.61. The van der Waals surface area contributed by atoms with Crippen LogP contribution in [0.2, 0.25) is 0 Å². The number of hydrogen-bond donors (Lipinski definition) is 3. The average Bonchev–Trinajstić information content (AvgIpc) is 3.38. The predicted molar refractivity (Wildman–Crippen MR) is 161 cm³/mol. The lowest BCUT2D eigenvalue weighted by atomic mass is 9.85. The molecule has 0 aliphatic carbocycles. The number of nitrogens with one attached hydrogen (secondary N) is 1. The topological polar surface area (TPSA) is 173 Å². The van der Waals surface area contributed by atoms with E-state index in [4.69, 9.17) is 10.5 Å². The number of halogens is 1. The van der Waals surface area contributed by atoms with Crippen LogP contribution in [0.5, 0.6) is 0 Å². The molecule has 3 aromatic rings. The Hall–Kier alpha value is -4.78. The monoisotopic (exact) mass is 639 g/mol. The Bertz CT molecular complexity index is 1700. The maximum Gasteiger partial charge on any atom is 0.334 e. The zero-order valence-corrected chi connectivity index (χ0v) is 25.7. The highest BCUT2D eigenvalue weighted by Gasteiger charge is 2.56. The van der Waals surface area contributed by atoms with Gasteiger partial charge in [0.1, 0.15) is 17.5 Å². The van der Waals surface area contributed by atoms with Crippen molar-refractivity contribution in [2.45, 2.75) is 67.0 Å². The molecule has 45 heavy (non-hydrogen) atoms. The molecule has 11 nitrogen and oxygen atoms in total. The summed E-state index contributed by atoms with van der Waals surface area (Å²) in [7, 11) is -4.33. The summed E-state index contributed by atoms with van der Waals surface area (Å²) >= 11 is 0. The molecule has 0 radical (unpaired) electrons. The van der Waals surface area contributed by atoms with E-state index < -0.39 is 80.8 Å². The zero-order valence-electron chi connectivity index (χ0n) is 24.8. The molecule has 4 atom stereocenters. The highest BCUT2D eigenvalue weighted by atomic mass is 32.2. The molecular weight excluding hydrogens is 605 g/mol. The lowest BCUT2D eigenvalue weighted by Gasteiger charge is -2.36. The van der Waals surface area contributed by atoms with Gasteiger partial charge in [0.2, 0.25) is 5.91 Å². The highest BCUT2D eigenvalue weighted by Crippen LogP contribution is 2.45. The number of carboxylic acids is 1. The van der Waals surface area contributed by atoms with Crippen LogP contribution >= 0.6 is 0 Å². The van der Waals surface area contributed by atoms with Gasteiger partial charge in [0, 0.05) is 5.56 Å². The van der Waals surface area contributed by atoms with Gasteiger partial charge in [0.25, 0.3) is 0 Å². The van der Waals surface area contributed by atoms with E-state index in [1.807, 2.05) is 0 Å². The predicted octanol–water partition coefficient (Wildman–Crippen LogP) is 3.69. The van der Waals surface area contributed by atoms with Crippen molar-refractivity contribution in [1.82, 2.24) is 10.2 Å². The molecule has 0 saturated carbocycles. The van der Waals surface area contributed by atoms with E-state index in [2.05, 4.69) is 5.32 Å². The van der Waals surface area contributed by atoms with Crippen molar-refractivity contribution < 1.29 is 41.8 Å². The van der Waals surface area contributed by atoms with E-state index in [0.717, 1.165) is 11.0 Å². The summed E-state index contributed by atoms with van der Waals surface area (Å²) in [6, 6.07) is 15.4. The van der Waals surface area contributed by atoms with Crippen molar-refractivity contribution in [3.63, 3.8) is 0 Å². The molecule has 1 heterocycles. The fraction of sp³-hybridized carbons (Fsp3) is 0.312. The molecule has 4 unspecified atom stereocenters. The van der Waals surface area contributed by atoms with E-state index in [-0.39, 0.29) is 16.0 Å². The van der Waals surface area contributed by atoms with Crippen molar-refractivity contribution in [3.8, 4) is 0 Å². The van der Waals surface area contributed by atoms with E-state index in [9.17, 15) is 32.7 Å². The molecule has 1 aliphatic rings. The number of hydrogen-bond acceptors (Lipinski definition) is 7. The minimum absolute atomic E-state index is 0.0198. The third-order valence-electron chi connectivity index (χ3n) is 7.49. The number of amides is 3. The molecule has 1 saturated heterocycles. The van der Waals surface area contributed by atoms with Crippen LogP contribution in [0.15, 0.2) is 89.8 Å². The third kappa shape index (κ3) is 6.83. The van der Waals surface area contributed by atoms with Gasteiger partial charge in [-0.25, -0.2) is 27.2 Å². The molecule has 4 N–H and O–H groups in total. The van der Waals surface area contributed by atoms with Crippen molar-refractivity contribution in [2.75, 3.05) is 0 Å². The number of rotatable bonds is 9. The number of nitrogens with zero attached hydrogens (tertiary/aromatic N) is 1. The quantitative estimate of drug-likeness (QED) is 0.297. The van der Waals surface area contributed by atoms with Gasteiger partial charge >= 0.3 is 18.0 Å². The number of esters is 1. The summed E-state index contributed by atoms with van der Waals surface area (Å²) in [5, 5.41) is 11.0. The summed E-state index contributed by atoms with van der Waals surface area (Å²) in [5.41, 5.74) is 1.66. The Morgan fingerprint density at radius 3 is 2.04 bits per heavy atom. The standard InChI is InChI=1S/C32H34FN3O8S/c1-31(2,3)44-28(38)24-18-25(45(42,43)21-14-8-5-9-15-21)27(22-16-10-11-17-23(22)33)36(24)26(37)19-32(29(39)40,35-30(34)41)20-12-6-4-7-13-20/h4-17,24-25,27H,18-19H2,1-3H3,(H,39,40)(H3,34,35,41). The van der Waals surface area contributed by atoms with Gasteiger partial charge in [0.15, 0.2) is 15.4 Å². The van der Waals surface area contributed by atoms with Crippen molar-refractivity contribution >= 4 is 33.7 Å². The van der Waals surface area contributed by atoms with E-state index in [1.165, 1.54) is 66.7 Å². The van der Waals surface area contributed by atoms with E-state index in [1.54, 1.807) is 32.9 Å². The molecule has 3 aromatic carbocycles. The highest BCUT2D eigenvalue weighted by molar-refractivity contribution is 7.92. The first-order valence-corrected chi connectivity index (χ1v) is 15.6. The number of ether oxygens (including phenoxy) is 1. The first kappa shape index (κ1) is 33.1. The number of benzene rings is 3. The lowest BCUT2D eigenvalue weighted by Crippen LogP contribution is -2.57. The largest absolute Gasteiger partial charge is 0.479 e. The molecule has 13 heteroatoms. The van der Waals surface area contributed by atoms with Gasteiger partial charge in [-0.1, -0.05) is 66.7 Å². The van der Waals surface area contributed by atoms with E-state index >= 15 is 4.39 Å². The second kappa shape index (κ2) is 12.7. The Morgan fingerprint density at radius 1 is 0.956 bits per heavy atom. The van der Waals surface area contributed by atoms with Crippen LogP contribution < -0.4 is 11.1 Å². The first-order valence-electron chi connectivity index (χ1n) is 14.0. The maximum atomic E-state index is 15.5. The second-order valence-corrected chi connectivity index (χ2v) is 13.9. The maximum absolute atomic E-state index is 15.5. The molecule has 1 aliphatic heterocycles.